The third kappa shape index (κ3) is 2.93. The van der Waals surface area contributed by atoms with E-state index in [4.69, 9.17) is 9.47 Å². The van der Waals surface area contributed by atoms with E-state index in [0.717, 1.165) is 0 Å². The monoisotopic (exact) mass is 279 g/mol. The van der Waals surface area contributed by atoms with Crippen molar-refractivity contribution in [2.24, 2.45) is 0 Å². The van der Waals surface area contributed by atoms with E-state index in [0.29, 0.717) is 18.2 Å². The van der Waals surface area contributed by atoms with E-state index in [1.165, 1.54) is 25.3 Å². The van der Waals surface area contributed by atoms with Crippen molar-refractivity contribution in [1.29, 1.82) is 0 Å². The zero-order chi connectivity index (χ0) is 14.7. The van der Waals surface area contributed by atoms with Crippen LogP contribution in [0.4, 0.5) is 5.69 Å². The summed E-state index contributed by atoms with van der Waals surface area (Å²) in [5.74, 6) is 0.830. The van der Waals surface area contributed by atoms with E-state index in [-0.39, 0.29) is 11.9 Å². The van der Waals surface area contributed by atoms with Crippen LogP contribution in [0.1, 0.15) is 6.92 Å². The minimum atomic E-state index is -0.458. The molecule has 1 heterocycles. The molecule has 0 saturated carbocycles. The van der Waals surface area contributed by atoms with E-state index < -0.39 is 4.92 Å². The highest BCUT2D eigenvalue weighted by Gasteiger charge is 2.20. The largest absolute Gasteiger partial charge is 0.493 e. The van der Waals surface area contributed by atoms with E-state index >= 15 is 0 Å². The number of benzene rings is 1. The quantitative estimate of drug-likeness (QED) is 0.606. The smallest absolute Gasteiger partial charge is 0.273 e. The Morgan fingerprint density at radius 1 is 1.35 bits per heavy atom. The van der Waals surface area contributed by atoms with Gasteiger partial charge in [-0.3, -0.25) is 10.1 Å². The lowest BCUT2D eigenvalue weighted by Gasteiger charge is -2.26. The summed E-state index contributed by atoms with van der Waals surface area (Å²) in [6, 6.07) is 4.30. The molecular weight excluding hydrogens is 262 g/mol. The maximum atomic E-state index is 10.8. The molecule has 0 aliphatic carbocycles. The second-order valence-electron chi connectivity index (χ2n) is 4.52. The number of nitrogens with zero attached hydrogens (tertiary/aromatic N) is 3. The Kier molecular flexibility index (Phi) is 3.97. The summed E-state index contributed by atoms with van der Waals surface area (Å²) in [7, 11) is 3.46. The van der Waals surface area contributed by atoms with Gasteiger partial charge in [0.25, 0.3) is 5.69 Å². The van der Waals surface area contributed by atoms with E-state index in [2.05, 4.69) is 0 Å². The second-order valence-corrected chi connectivity index (χ2v) is 4.52. The van der Waals surface area contributed by atoms with Crippen molar-refractivity contribution in [3.05, 3.63) is 40.7 Å². The number of methoxy groups -OCH3 is 1. The van der Waals surface area contributed by atoms with Gasteiger partial charge in [-0.1, -0.05) is 0 Å². The Labute approximate surface area is 117 Å². The summed E-state index contributed by atoms with van der Waals surface area (Å²) in [5, 5.41) is 10.8. The number of rotatable bonds is 5. The van der Waals surface area contributed by atoms with Gasteiger partial charge in [0.05, 0.1) is 24.8 Å². The number of nitro groups is 1. The highest BCUT2D eigenvalue weighted by atomic mass is 16.6. The maximum Gasteiger partial charge on any atom is 0.273 e. The molecule has 1 aliphatic rings. The van der Waals surface area contributed by atoms with Gasteiger partial charge in [-0.2, -0.15) is 0 Å². The molecule has 0 saturated heterocycles. The van der Waals surface area contributed by atoms with Crippen molar-refractivity contribution < 1.29 is 14.4 Å². The maximum absolute atomic E-state index is 10.8. The summed E-state index contributed by atoms with van der Waals surface area (Å²) in [4.78, 5) is 14.3. The van der Waals surface area contributed by atoms with Crippen LogP contribution in [0, 0.1) is 10.1 Å². The SMILES string of the molecule is COc1ccc([N+](=O)[O-])cc1OC(C)N1C=CN(C)C1. The predicted octanol–water partition coefficient (Wildman–Crippen LogP) is 2.00. The minimum absolute atomic E-state index is 0.0258. The molecule has 1 unspecified atom stereocenters. The van der Waals surface area contributed by atoms with E-state index in [1.807, 2.05) is 36.2 Å². The fraction of sp³-hybridized carbons (Fsp3) is 0.385. The number of ether oxygens (including phenoxy) is 2. The summed E-state index contributed by atoms with van der Waals surface area (Å²) < 4.78 is 10.9. The standard InChI is InChI=1S/C13H17N3O4/c1-10(15-7-6-14(2)9-15)20-13-8-11(16(17)18)4-5-12(13)19-3/h4-8,10H,9H2,1-3H3. The van der Waals surface area contributed by atoms with Gasteiger partial charge in [0, 0.05) is 25.5 Å². The van der Waals surface area contributed by atoms with Crippen LogP contribution in [-0.2, 0) is 0 Å². The van der Waals surface area contributed by atoms with Gasteiger partial charge in [-0.25, -0.2) is 0 Å². The summed E-state index contributed by atoms with van der Waals surface area (Å²) >= 11 is 0. The molecule has 1 aromatic rings. The molecule has 2 rings (SSSR count). The molecule has 0 bridgehead atoms. The summed E-state index contributed by atoms with van der Waals surface area (Å²) in [6.07, 6.45) is 3.59. The minimum Gasteiger partial charge on any atom is -0.493 e. The Hall–Kier alpha value is -2.44. The summed E-state index contributed by atoms with van der Waals surface area (Å²) in [6.45, 7) is 2.58. The molecule has 7 heteroatoms. The van der Waals surface area contributed by atoms with Crippen LogP contribution < -0.4 is 9.47 Å². The molecule has 0 N–H and O–H groups in total. The third-order valence-corrected chi connectivity index (χ3v) is 3.02. The fourth-order valence-corrected chi connectivity index (χ4v) is 1.91. The second kappa shape index (κ2) is 5.68. The Morgan fingerprint density at radius 2 is 2.10 bits per heavy atom. The molecule has 0 aromatic heterocycles. The van der Waals surface area contributed by atoms with Crippen molar-refractivity contribution in [3.8, 4) is 11.5 Å². The van der Waals surface area contributed by atoms with Crippen molar-refractivity contribution in [2.75, 3.05) is 20.8 Å². The van der Waals surface area contributed by atoms with Crippen molar-refractivity contribution in [2.45, 2.75) is 13.2 Å². The first-order valence-electron chi connectivity index (χ1n) is 6.14. The summed E-state index contributed by atoms with van der Waals surface area (Å²) in [5.41, 5.74) is -0.0258. The van der Waals surface area contributed by atoms with Gasteiger partial charge in [0.2, 0.25) is 0 Å². The number of hydrogen-bond acceptors (Lipinski definition) is 6. The lowest BCUT2D eigenvalue weighted by molar-refractivity contribution is -0.385. The first-order valence-corrected chi connectivity index (χ1v) is 6.14. The predicted molar refractivity (Wildman–Crippen MR) is 73.3 cm³/mol. The van der Waals surface area contributed by atoms with Crippen LogP contribution in [0.15, 0.2) is 30.6 Å². The Balaban J connectivity index is 2.16. The van der Waals surface area contributed by atoms with E-state index in [9.17, 15) is 10.1 Å². The third-order valence-electron chi connectivity index (χ3n) is 3.02. The van der Waals surface area contributed by atoms with Crippen LogP contribution in [0.25, 0.3) is 0 Å². The van der Waals surface area contributed by atoms with Gasteiger partial charge in [-0.05, 0) is 13.0 Å². The first kappa shape index (κ1) is 14.0. The van der Waals surface area contributed by atoms with Crippen LogP contribution in [0.5, 0.6) is 11.5 Å². The molecule has 20 heavy (non-hydrogen) atoms. The lowest BCUT2D eigenvalue weighted by Crippen LogP contribution is -2.34. The topological polar surface area (TPSA) is 68.1 Å². The zero-order valence-corrected chi connectivity index (χ0v) is 11.6. The highest BCUT2D eigenvalue weighted by Crippen LogP contribution is 2.32. The number of hydrogen-bond donors (Lipinski definition) is 0. The lowest BCUT2D eigenvalue weighted by atomic mass is 10.3. The molecule has 0 radical (unpaired) electrons. The van der Waals surface area contributed by atoms with E-state index in [1.54, 1.807) is 0 Å². The Morgan fingerprint density at radius 3 is 2.65 bits per heavy atom. The molecule has 0 spiro atoms. The zero-order valence-electron chi connectivity index (χ0n) is 11.6. The van der Waals surface area contributed by atoms with Crippen LogP contribution in [0.2, 0.25) is 0 Å². The van der Waals surface area contributed by atoms with Crippen molar-refractivity contribution >= 4 is 5.69 Å². The normalized spacial score (nSPS) is 15.3. The molecule has 1 aliphatic heterocycles. The molecule has 1 atom stereocenters. The average molecular weight is 279 g/mol. The van der Waals surface area contributed by atoms with Crippen LogP contribution in [0.3, 0.4) is 0 Å². The molecule has 7 nitrogen and oxygen atoms in total. The number of nitro benzene ring substituents is 1. The van der Waals surface area contributed by atoms with Crippen molar-refractivity contribution in [3.63, 3.8) is 0 Å². The highest BCUT2D eigenvalue weighted by molar-refractivity contribution is 5.48. The van der Waals surface area contributed by atoms with Gasteiger partial charge in [0.15, 0.2) is 17.7 Å². The van der Waals surface area contributed by atoms with Crippen LogP contribution in [-0.4, -0.2) is 41.8 Å². The molecular formula is C13H17N3O4. The van der Waals surface area contributed by atoms with Gasteiger partial charge >= 0.3 is 0 Å². The number of non-ortho nitro benzene ring substituents is 1. The molecule has 0 fully saturated rings. The van der Waals surface area contributed by atoms with Crippen LogP contribution >= 0.6 is 0 Å². The molecule has 0 amide bonds. The molecule has 108 valence electrons. The van der Waals surface area contributed by atoms with Gasteiger partial charge in [-0.15, -0.1) is 0 Å². The van der Waals surface area contributed by atoms with Gasteiger partial charge < -0.3 is 19.3 Å². The Bertz CT molecular complexity index is 532. The van der Waals surface area contributed by atoms with Crippen molar-refractivity contribution in [1.82, 2.24) is 9.80 Å². The van der Waals surface area contributed by atoms with Gasteiger partial charge in [0.1, 0.15) is 0 Å². The fourth-order valence-electron chi connectivity index (χ4n) is 1.91. The first-order chi connectivity index (χ1) is 9.51. The molecule has 1 aromatic carbocycles. The average Bonchev–Trinajstić information content (AvgIpc) is 2.85.